The summed E-state index contributed by atoms with van der Waals surface area (Å²) < 4.78 is 11.2. The minimum atomic E-state index is -0.293. The van der Waals surface area contributed by atoms with E-state index < -0.39 is 0 Å². The Morgan fingerprint density at radius 3 is 2.74 bits per heavy atom. The Balaban J connectivity index is 1.95. The van der Waals surface area contributed by atoms with E-state index in [1.165, 1.54) is 0 Å². The summed E-state index contributed by atoms with van der Waals surface area (Å²) in [4.78, 5) is 0. The average Bonchev–Trinajstić information content (AvgIpc) is 2.63. The van der Waals surface area contributed by atoms with Crippen molar-refractivity contribution in [2.45, 2.75) is 26.7 Å². The van der Waals surface area contributed by atoms with Crippen LogP contribution in [0.25, 0.3) is 0 Å². The van der Waals surface area contributed by atoms with Crippen LogP contribution in [0.5, 0.6) is 11.5 Å². The Morgan fingerprint density at radius 1 is 1.26 bits per heavy atom. The highest BCUT2D eigenvalue weighted by atomic mass is 16.5. The topological polar surface area (TPSA) is 54.3 Å². The van der Waals surface area contributed by atoms with Crippen molar-refractivity contribution < 1.29 is 9.47 Å². The van der Waals surface area contributed by atoms with Gasteiger partial charge in [-0.3, -0.25) is 0 Å². The maximum atomic E-state index is 8.97. The van der Waals surface area contributed by atoms with Gasteiger partial charge in [0.2, 0.25) is 0 Å². The van der Waals surface area contributed by atoms with Gasteiger partial charge in [0.05, 0.1) is 24.7 Å². The second-order valence-electron chi connectivity index (χ2n) is 5.38. The molecule has 1 N–H and O–H groups in total. The van der Waals surface area contributed by atoms with E-state index in [9.17, 15) is 0 Å². The predicted octanol–water partition coefficient (Wildman–Crippen LogP) is 3.20. The molecule has 0 bridgehead atoms. The molecule has 2 rings (SSSR count). The van der Waals surface area contributed by atoms with Crippen molar-refractivity contribution in [3.05, 3.63) is 18.2 Å². The number of nitrogens with zero attached hydrogens (tertiary/aromatic N) is 1. The van der Waals surface area contributed by atoms with E-state index in [1.807, 2.05) is 32.0 Å². The first-order chi connectivity index (χ1) is 9.11. The van der Waals surface area contributed by atoms with E-state index in [0.29, 0.717) is 13.2 Å². The molecule has 0 amide bonds. The molecule has 0 saturated heterocycles. The maximum absolute atomic E-state index is 8.97. The molecule has 0 fully saturated rings. The van der Waals surface area contributed by atoms with Gasteiger partial charge in [0.25, 0.3) is 0 Å². The lowest BCUT2D eigenvalue weighted by Gasteiger charge is -2.16. The lowest BCUT2D eigenvalue weighted by Crippen LogP contribution is -2.14. The van der Waals surface area contributed by atoms with Crippen LogP contribution in [-0.2, 0) is 0 Å². The van der Waals surface area contributed by atoms with Crippen LogP contribution in [0.15, 0.2) is 18.2 Å². The van der Waals surface area contributed by atoms with Crippen LogP contribution in [0.1, 0.15) is 26.7 Å². The SMILES string of the molecule is CC(C)(C#N)CCNc1ccc2c(c1)OCCCO2. The first-order valence-electron chi connectivity index (χ1n) is 6.65. The molecular weight excluding hydrogens is 240 g/mol. The van der Waals surface area contributed by atoms with Crippen molar-refractivity contribution in [2.75, 3.05) is 25.1 Å². The highest BCUT2D eigenvalue weighted by Crippen LogP contribution is 2.32. The van der Waals surface area contributed by atoms with Crippen molar-refractivity contribution in [1.82, 2.24) is 0 Å². The van der Waals surface area contributed by atoms with E-state index in [4.69, 9.17) is 14.7 Å². The molecule has 1 aliphatic rings. The number of hydrogen-bond donors (Lipinski definition) is 1. The zero-order valence-electron chi connectivity index (χ0n) is 11.5. The molecule has 4 nitrogen and oxygen atoms in total. The lowest BCUT2D eigenvalue weighted by molar-refractivity contribution is 0.297. The number of anilines is 1. The third kappa shape index (κ3) is 3.78. The van der Waals surface area contributed by atoms with Gasteiger partial charge in [-0.15, -0.1) is 0 Å². The zero-order valence-corrected chi connectivity index (χ0v) is 11.5. The number of nitriles is 1. The quantitative estimate of drug-likeness (QED) is 0.903. The van der Waals surface area contributed by atoms with E-state index in [1.54, 1.807) is 0 Å². The highest BCUT2D eigenvalue weighted by Gasteiger charge is 2.16. The number of rotatable bonds is 4. The molecule has 1 aromatic rings. The molecule has 0 saturated carbocycles. The summed E-state index contributed by atoms with van der Waals surface area (Å²) in [6.07, 6.45) is 1.71. The normalized spacial score (nSPS) is 14.4. The van der Waals surface area contributed by atoms with Gasteiger partial charge in [0.1, 0.15) is 0 Å². The number of nitrogens with one attached hydrogen (secondary N) is 1. The van der Waals surface area contributed by atoms with Crippen molar-refractivity contribution in [1.29, 1.82) is 5.26 Å². The maximum Gasteiger partial charge on any atom is 0.163 e. The van der Waals surface area contributed by atoms with Crippen LogP contribution in [-0.4, -0.2) is 19.8 Å². The second kappa shape index (κ2) is 5.83. The van der Waals surface area contributed by atoms with E-state index in [-0.39, 0.29) is 5.41 Å². The van der Waals surface area contributed by atoms with Gasteiger partial charge in [0.15, 0.2) is 11.5 Å². The number of hydrogen-bond acceptors (Lipinski definition) is 4. The Labute approximate surface area is 114 Å². The van der Waals surface area contributed by atoms with Gasteiger partial charge in [-0.05, 0) is 32.4 Å². The third-order valence-corrected chi connectivity index (χ3v) is 3.13. The van der Waals surface area contributed by atoms with Gasteiger partial charge in [0, 0.05) is 24.7 Å². The van der Waals surface area contributed by atoms with Crippen LogP contribution < -0.4 is 14.8 Å². The van der Waals surface area contributed by atoms with E-state index >= 15 is 0 Å². The lowest BCUT2D eigenvalue weighted by atomic mass is 9.91. The van der Waals surface area contributed by atoms with Gasteiger partial charge in [-0.2, -0.15) is 5.26 Å². The Hall–Kier alpha value is -1.89. The molecule has 1 aliphatic heterocycles. The molecule has 1 heterocycles. The minimum absolute atomic E-state index is 0.293. The fraction of sp³-hybridized carbons (Fsp3) is 0.533. The predicted molar refractivity (Wildman–Crippen MR) is 74.5 cm³/mol. The third-order valence-electron chi connectivity index (χ3n) is 3.13. The fourth-order valence-corrected chi connectivity index (χ4v) is 1.85. The zero-order chi connectivity index (χ0) is 13.7. The molecule has 0 aliphatic carbocycles. The number of benzene rings is 1. The minimum Gasteiger partial charge on any atom is -0.490 e. The molecule has 19 heavy (non-hydrogen) atoms. The summed E-state index contributed by atoms with van der Waals surface area (Å²) in [6.45, 7) is 6.06. The van der Waals surface area contributed by atoms with Crippen LogP contribution in [0.3, 0.4) is 0 Å². The summed E-state index contributed by atoms with van der Waals surface area (Å²) in [5.74, 6) is 1.60. The summed E-state index contributed by atoms with van der Waals surface area (Å²) in [5, 5.41) is 12.3. The molecule has 1 aromatic carbocycles. The smallest absolute Gasteiger partial charge is 0.163 e. The van der Waals surface area contributed by atoms with Crippen molar-refractivity contribution in [2.24, 2.45) is 5.41 Å². The standard InChI is InChI=1S/C15H20N2O2/c1-15(2,11-16)6-7-17-12-4-5-13-14(10-12)19-9-3-8-18-13/h4-5,10,17H,3,6-9H2,1-2H3. The largest absolute Gasteiger partial charge is 0.490 e. The highest BCUT2D eigenvalue weighted by molar-refractivity contribution is 5.55. The van der Waals surface area contributed by atoms with E-state index in [0.717, 1.165) is 36.6 Å². The monoisotopic (exact) mass is 260 g/mol. The summed E-state index contributed by atoms with van der Waals surface area (Å²) >= 11 is 0. The average molecular weight is 260 g/mol. The molecule has 0 aromatic heterocycles. The first-order valence-corrected chi connectivity index (χ1v) is 6.65. The molecular formula is C15H20N2O2. The second-order valence-corrected chi connectivity index (χ2v) is 5.38. The molecule has 102 valence electrons. The number of ether oxygens (including phenoxy) is 2. The van der Waals surface area contributed by atoms with Gasteiger partial charge in [-0.1, -0.05) is 0 Å². The van der Waals surface area contributed by atoms with Crippen LogP contribution in [0.4, 0.5) is 5.69 Å². The Kier molecular flexibility index (Phi) is 4.16. The Morgan fingerprint density at radius 2 is 2.00 bits per heavy atom. The van der Waals surface area contributed by atoms with Crippen molar-refractivity contribution in [3.63, 3.8) is 0 Å². The number of fused-ring (bicyclic) bond motifs is 1. The van der Waals surface area contributed by atoms with Crippen molar-refractivity contribution in [3.8, 4) is 17.6 Å². The van der Waals surface area contributed by atoms with E-state index in [2.05, 4.69) is 11.4 Å². The Bertz CT molecular complexity index is 478. The molecule has 0 atom stereocenters. The van der Waals surface area contributed by atoms with Gasteiger partial charge in [-0.25, -0.2) is 0 Å². The molecule has 4 heteroatoms. The van der Waals surface area contributed by atoms with Crippen molar-refractivity contribution >= 4 is 5.69 Å². The van der Waals surface area contributed by atoms with Crippen LogP contribution >= 0.6 is 0 Å². The van der Waals surface area contributed by atoms with Gasteiger partial charge < -0.3 is 14.8 Å². The molecule has 0 unspecified atom stereocenters. The van der Waals surface area contributed by atoms with Crippen LogP contribution in [0.2, 0.25) is 0 Å². The fourth-order valence-electron chi connectivity index (χ4n) is 1.85. The first kappa shape index (κ1) is 13.5. The summed E-state index contributed by atoms with van der Waals surface area (Å²) in [6, 6.07) is 8.17. The summed E-state index contributed by atoms with van der Waals surface area (Å²) in [7, 11) is 0. The summed E-state index contributed by atoms with van der Waals surface area (Å²) in [5.41, 5.74) is 0.705. The van der Waals surface area contributed by atoms with Gasteiger partial charge >= 0.3 is 0 Å². The molecule has 0 spiro atoms. The van der Waals surface area contributed by atoms with Crippen LogP contribution in [0, 0.1) is 16.7 Å². The molecule has 0 radical (unpaired) electrons.